The van der Waals surface area contributed by atoms with E-state index < -0.39 is 0 Å². The van der Waals surface area contributed by atoms with Crippen LogP contribution in [0.3, 0.4) is 0 Å². The summed E-state index contributed by atoms with van der Waals surface area (Å²) in [6, 6.07) is 8.10. The lowest BCUT2D eigenvalue weighted by molar-refractivity contribution is 0.0877. The summed E-state index contributed by atoms with van der Waals surface area (Å²) < 4.78 is 5.47. The van der Waals surface area contributed by atoms with Crippen LogP contribution in [0.5, 0.6) is 0 Å². The van der Waals surface area contributed by atoms with Crippen LogP contribution in [0.2, 0.25) is 0 Å². The number of rotatable bonds is 4. The average Bonchev–Trinajstić information content (AvgIpc) is 2.84. The number of hydrogen-bond donors (Lipinski definition) is 0. The van der Waals surface area contributed by atoms with E-state index in [4.69, 9.17) is 4.74 Å². The molecule has 0 radical (unpaired) electrons. The van der Waals surface area contributed by atoms with E-state index >= 15 is 0 Å². The van der Waals surface area contributed by atoms with E-state index in [0.29, 0.717) is 12.5 Å². The quantitative estimate of drug-likeness (QED) is 0.755. The van der Waals surface area contributed by atoms with Gasteiger partial charge < -0.3 is 4.74 Å². The van der Waals surface area contributed by atoms with E-state index in [1.54, 1.807) is 0 Å². The largest absolute Gasteiger partial charge is 0.378 e. The molecule has 1 aliphatic heterocycles. The van der Waals surface area contributed by atoms with Crippen LogP contribution in [0, 0.1) is 5.92 Å². The lowest BCUT2D eigenvalue weighted by atomic mass is 9.92. The van der Waals surface area contributed by atoms with Crippen LogP contribution in [0.1, 0.15) is 55.5 Å². The predicted molar refractivity (Wildman–Crippen MR) is 73.0 cm³/mol. The number of carbonyl (C=O) groups excluding carboxylic acids is 1. The van der Waals surface area contributed by atoms with Crippen molar-refractivity contribution < 1.29 is 9.53 Å². The van der Waals surface area contributed by atoms with E-state index in [0.717, 1.165) is 18.4 Å². The summed E-state index contributed by atoms with van der Waals surface area (Å²) in [5.41, 5.74) is 2.13. The van der Waals surface area contributed by atoms with Gasteiger partial charge in [0.1, 0.15) is 0 Å². The molecule has 1 heterocycles. The Labute approximate surface area is 109 Å². The molecule has 3 atom stereocenters. The van der Waals surface area contributed by atoms with Crippen molar-refractivity contribution in [3.63, 3.8) is 0 Å². The van der Waals surface area contributed by atoms with E-state index in [2.05, 4.69) is 26.0 Å². The summed E-state index contributed by atoms with van der Waals surface area (Å²) in [7, 11) is 0. The number of ether oxygens (including phenoxy) is 1. The number of carbonyl (C=O) groups is 1. The van der Waals surface area contributed by atoms with Gasteiger partial charge in [-0.25, -0.2) is 0 Å². The molecular formula is C16H22O2. The molecule has 3 unspecified atom stereocenters. The van der Waals surface area contributed by atoms with Gasteiger partial charge in [-0.3, -0.25) is 4.79 Å². The zero-order valence-corrected chi connectivity index (χ0v) is 11.5. The van der Waals surface area contributed by atoms with Gasteiger partial charge in [0.2, 0.25) is 0 Å². The van der Waals surface area contributed by atoms with Crippen molar-refractivity contribution in [1.82, 2.24) is 0 Å². The molecule has 0 amide bonds. The van der Waals surface area contributed by atoms with Crippen molar-refractivity contribution in [1.29, 1.82) is 0 Å². The lowest BCUT2D eigenvalue weighted by Crippen LogP contribution is -2.14. The molecule has 0 spiro atoms. The second-order valence-corrected chi connectivity index (χ2v) is 5.37. The number of benzene rings is 1. The van der Waals surface area contributed by atoms with Crippen LogP contribution in [-0.4, -0.2) is 18.5 Å². The summed E-state index contributed by atoms with van der Waals surface area (Å²) in [6.45, 7) is 7.00. The van der Waals surface area contributed by atoms with Gasteiger partial charge in [0.25, 0.3) is 0 Å². The predicted octanol–water partition coefficient (Wildman–Crippen LogP) is 3.81. The third kappa shape index (κ3) is 2.81. The average molecular weight is 246 g/mol. The highest BCUT2D eigenvalue weighted by Crippen LogP contribution is 2.24. The highest BCUT2D eigenvalue weighted by atomic mass is 16.5. The summed E-state index contributed by atoms with van der Waals surface area (Å²) in [4.78, 5) is 12.3. The first-order valence-corrected chi connectivity index (χ1v) is 6.87. The normalized spacial score (nSPS) is 25.1. The van der Waals surface area contributed by atoms with Crippen molar-refractivity contribution in [3.8, 4) is 0 Å². The minimum atomic E-state index is 0.0504. The molecule has 0 aliphatic carbocycles. The van der Waals surface area contributed by atoms with Crippen molar-refractivity contribution >= 4 is 5.78 Å². The summed E-state index contributed by atoms with van der Waals surface area (Å²) >= 11 is 0. The molecule has 1 aromatic rings. The van der Waals surface area contributed by atoms with Crippen LogP contribution in [0.15, 0.2) is 24.3 Å². The van der Waals surface area contributed by atoms with Crippen LogP contribution in [0.25, 0.3) is 0 Å². The van der Waals surface area contributed by atoms with Gasteiger partial charge in [-0.1, -0.05) is 38.1 Å². The Kier molecular flexibility index (Phi) is 4.18. The Balaban J connectivity index is 2.07. The highest BCUT2D eigenvalue weighted by Gasteiger charge is 2.28. The Morgan fingerprint density at radius 3 is 2.56 bits per heavy atom. The summed E-state index contributed by atoms with van der Waals surface area (Å²) in [6.07, 6.45) is 2.20. The highest BCUT2D eigenvalue weighted by molar-refractivity contribution is 5.98. The fourth-order valence-corrected chi connectivity index (χ4v) is 2.45. The van der Waals surface area contributed by atoms with Gasteiger partial charge in [0.05, 0.1) is 12.7 Å². The smallest absolute Gasteiger partial charge is 0.168 e. The number of hydrogen-bond acceptors (Lipinski definition) is 2. The molecule has 18 heavy (non-hydrogen) atoms. The summed E-state index contributed by atoms with van der Waals surface area (Å²) in [5.74, 6) is 0.841. The monoisotopic (exact) mass is 246 g/mol. The first kappa shape index (κ1) is 13.3. The zero-order valence-electron chi connectivity index (χ0n) is 11.5. The van der Waals surface area contributed by atoms with Gasteiger partial charge in [0, 0.05) is 11.5 Å². The molecule has 1 aromatic carbocycles. The van der Waals surface area contributed by atoms with Crippen LogP contribution < -0.4 is 0 Å². The van der Waals surface area contributed by atoms with Crippen molar-refractivity contribution in [2.24, 2.45) is 5.92 Å². The molecule has 2 nitrogen and oxygen atoms in total. The maximum absolute atomic E-state index is 12.3. The van der Waals surface area contributed by atoms with Crippen molar-refractivity contribution in [2.75, 3.05) is 6.61 Å². The molecule has 0 aromatic heterocycles. The number of Topliss-reactive ketones (excluding diaryl/α,β-unsaturated/α-hetero) is 1. The fourth-order valence-electron chi connectivity index (χ4n) is 2.45. The molecule has 2 rings (SSSR count). The Bertz CT molecular complexity index is 408. The second kappa shape index (κ2) is 5.66. The van der Waals surface area contributed by atoms with Gasteiger partial charge in [-0.05, 0) is 31.2 Å². The van der Waals surface area contributed by atoms with Gasteiger partial charge in [-0.15, -0.1) is 0 Å². The third-order valence-electron chi connectivity index (χ3n) is 3.95. The first-order valence-electron chi connectivity index (χ1n) is 6.87. The third-order valence-corrected chi connectivity index (χ3v) is 3.95. The van der Waals surface area contributed by atoms with Crippen LogP contribution in [0.4, 0.5) is 0 Å². The Morgan fingerprint density at radius 2 is 2.06 bits per heavy atom. The van der Waals surface area contributed by atoms with E-state index in [1.165, 1.54) is 5.56 Å². The molecule has 1 aliphatic rings. The molecule has 2 heteroatoms. The van der Waals surface area contributed by atoms with E-state index in [9.17, 15) is 4.79 Å². The molecule has 1 saturated heterocycles. The van der Waals surface area contributed by atoms with Crippen molar-refractivity contribution in [2.45, 2.75) is 45.6 Å². The second-order valence-electron chi connectivity index (χ2n) is 5.37. The molecule has 98 valence electrons. The van der Waals surface area contributed by atoms with Crippen molar-refractivity contribution in [3.05, 3.63) is 35.4 Å². The molecule has 0 N–H and O–H groups in total. The maximum Gasteiger partial charge on any atom is 0.168 e. The van der Waals surface area contributed by atoms with Crippen LogP contribution >= 0.6 is 0 Å². The van der Waals surface area contributed by atoms with Crippen LogP contribution in [-0.2, 0) is 4.74 Å². The van der Waals surface area contributed by atoms with Gasteiger partial charge >= 0.3 is 0 Å². The first-order chi connectivity index (χ1) is 8.61. The zero-order chi connectivity index (χ0) is 13.1. The van der Waals surface area contributed by atoms with E-state index in [1.807, 2.05) is 19.1 Å². The Morgan fingerprint density at radius 1 is 1.39 bits per heavy atom. The SMILES string of the molecule is CCC(C)c1ccc(C(=O)C2COC(C)C2)cc1. The van der Waals surface area contributed by atoms with Gasteiger partial charge in [0.15, 0.2) is 5.78 Å². The molecule has 0 bridgehead atoms. The maximum atomic E-state index is 12.3. The standard InChI is InChI=1S/C16H22O2/c1-4-11(2)13-5-7-14(8-6-13)16(17)15-9-12(3)18-10-15/h5-8,11-12,15H,4,9-10H2,1-3H3. The Hall–Kier alpha value is -1.15. The molecule has 1 fully saturated rings. The topological polar surface area (TPSA) is 26.3 Å². The number of ketones is 1. The minimum absolute atomic E-state index is 0.0504. The van der Waals surface area contributed by atoms with Gasteiger partial charge in [-0.2, -0.15) is 0 Å². The fraction of sp³-hybridized carbons (Fsp3) is 0.562. The van der Waals surface area contributed by atoms with E-state index in [-0.39, 0.29) is 17.8 Å². The molecule has 0 saturated carbocycles. The lowest BCUT2D eigenvalue weighted by Gasteiger charge is -2.11. The summed E-state index contributed by atoms with van der Waals surface area (Å²) in [5, 5.41) is 0. The molecular weight excluding hydrogens is 224 g/mol. The minimum Gasteiger partial charge on any atom is -0.378 e.